The molecular weight excluding hydrogens is 585 g/mol. The summed E-state index contributed by atoms with van der Waals surface area (Å²) in [6.45, 7) is 3.29. The number of rotatable bonds is 16. The van der Waals surface area contributed by atoms with Crippen molar-refractivity contribution in [1.29, 1.82) is 0 Å². The number of ether oxygens (including phenoxy) is 2. The summed E-state index contributed by atoms with van der Waals surface area (Å²) in [5, 5.41) is 6.49. The minimum absolute atomic E-state index is 0.0576. The number of carbonyl (C=O) groups is 2. The molecule has 234 valence electrons. The standard InChI is InChI=1S/C27H36FN7O7S/c28-43(39,40)20-6-3-18(4-7-20)5-8-22(36)35-11-1-2-21(35)25(37)31-10-13-42-15-14-41-12-9-30-16-19-17-32-24-23(19)26(38)34-27(29)33-24/h3-4,6-7,17,21,30H,1-2,5,8-16H2,(H,31,37)(H4,29,32,33,34,38)/t21-/m0/s1. The molecule has 1 aliphatic heterocycles. The fourth-order valence-electron chi connectivity index (χ4n) is 4.87. The lowest BCUT2D eigenvalue weighted by Crippen LogP contribution is -2.46. The first kappa shape index (κ1) is 32.1. The van der Waals surface area contributed by atoms with Crippen LogP contribution in [-0.4, -0.2) is 92.2 Å². The average molecular weight is 622 g/mol. The number of likely N-dealkylation sites (tertiary alicyclic amines) is 1. The number of aromatic nitrogens is 3. The Morgan fingerprint density at radius 3 is 2.56 bits per heavy atom. The van der Waals surface area contributed by atoms with Gasteiger partial charge in [-0.25, -0.2) is 0 Å². The Balaban J connectivity index is 1.04. The van der Waals surface area contributed by atoms with Crippen molar-refractivity contribution in [3.8, 4) is 0 Å². The SMILES string of the molecule is Nc1nc2[nH]cc(CNCCOCCOCCNC(=O)[C@@H]3CCCN3C(=O)CCc3ccc(S(=O)(=O)F)cc3)c2c(=O)[nH]1. The third kappa shape index (κ3) is 9.06. The molecule has 3 aromatic rings. The summed E-state index contributed by atoms with van der Waals surface area (Å²) in [5.74, 6) is -0.340. The highest BCUT2D eigenvalue weighted by molar-refractivity contribution is 7.86. The summed E-state index contributed by atoms with van der Waals surface area (Å²) in [5.41, 5.74) is 7.18. The molecule has 0 aliphatic carbocycles. The first-order valence-corrected chi connectivity index (χ1v) is 15.3. The molecule has 14 nitrogen and oxygen atoms in total. The van der Waals surface area contributed by atoms with Crippen molar-refractivity contribution in [2.24, 2.45) is 0 Å². The van der Waals surface area contributed by atoms with E-state index in [-0.39, 0.29) is 29.7 Å². The molecule has 1 aliphatic rings. The maximum atomic E-state index is 13.0. The molecule has 3 heterocycles. The third-order valence-electron chi connectivity index (χ3n) is 7.01. The summed E-state index contributed by atoms with van der Waals surface area (Å²) in [4.78, 5) is 48.2. The molecule has 2 aromatic heterocycles. The summed E-state index contributed by atoms with van der Waals surface area (Å²) < 4.78 is 46.0. The zero-order chi connectivity index (χ0) is 30.8. The van der Waals surface area contributed by atoms with Gasteiger partial charge >= 0.3 is 10.2 Å². The van der Waals surface area contributed by atoms with Crippen LogP contribution in [0.2, 0.25) is 0 Å². The van der Waals surface area contributed by atoms with Crippen molar-refractivity contribution in [2.45, 2.75) is 43.2 Å². The van der Waals surface area contributed by atoms with E-state index in [9.17, 15) is 26.7 Å². The number of nitrogens with two attached hydrogens (primary N) is 1. The zero-order valence-corrected chi connectivity index (χ0v) is 24.4. The van der Waals surface area contributed by atoms with Crippen molar-refractivity contribution in [3.05, 3.63) is 51.9 Å². The van der Waals surface area contributed by atoms with E-state index in [1.165, 1.54) is 24.3 Å². The van der Waals surface area contributed by atoms with Gasteiger partial charge in [0.25, 0.3) is 5.56 Å². The highest BCUT2D eigenvalue weighted by Gasteiger charge is 2.33. The number of hydrogen-bond acceptors (Lipinski definition) is 10. The van der Waals surface area contributed by atoms with Crippen LogP contribution < -0.4 is 21.9 Å². The number of carbonyl (C=O) groups excluding carboxylic acids is 2. The Bertz CT molecular complexity index is 1560. The van der Waals surface area contributed by atoms with Crippen LogP contribution in [0.15, 0.2) is 40.2 Å². The second-order valence-corrected chi connectivity index (χ2v) is 11.4. The molecule has 16 heteroatoms. The molecular formula is C27H36FN7O7S. The minimum atomic E-state index is -4.76. The number of fused-ring (bicyclic) bond motifs is 1. The summed E-state index contributed by atoms with van der Waals surface area (Å²) in [6, 6.07) is 4.74. The second kappa shape index (κ2) is 15.0. The highest BCUT2D eigenvalue weighted by Crippen LogP contribution is 2.20. The number of aryl methyl sites for hydroxylation is 1. The third-order valence-corrected chi connectivity index (χ3v) is 7.84. The van der Waals surface area contributed by atoms with Gasteiger partial charge in [-0.05, 0) is 42.5 Å². The van der Waals surface area contributed by atoms with E-state index in [1.807, 2.05) is 0 Å². The van der Waals surface area contributed by atoms with Crippen LogP contribution >= 0.6 is 0 Å². The van der Waals surface area contributed by atoms with Crippen molar-refractivity contribution in [3.63, 3.8) is 0 Å². The molecule has 43 heavy (non-hydrogen) atoms. The van der Waals surface area contributed by atoms with Crippen molar-refractivity contribution in [2.75, 3.05) is 51.8 Å². The van der Waals surface area contributed by atoms with E-state index in [0.717, 1.165) is 12.0 Å². The van der Waals surface area contributed by atoms with Crippen molar-refractivity contribution >= 4 is 39.0 Å². The van der Waals surface area contributed by atoms with Gasteiger partial charge < -0.3 is 35.7 Å². The van der Waals surface area contributed by atoms with Crippen LogP contribution in [-0.2, 0) is 42.3 Å². The van der Waals surface area contributed by atoms with Gasteiger partial charge in [-0.2, -0.15) is 13.4 Å². The Labute approximate surface area is 247 Å². The number of benzene rings is 1. The van der Waals surface area contributed by atoms with E-state index < -0.39 is 21.2 Å². The van der Waals surface area contributed by atoms with Gasteiger partial charge in [0.1, 0.15) is 11.7 Å². The molecule has 0 bridgehead atoms. The number of aromatic amines is 2. The van der Waals surface area contributed by atoms with Crippen LogP contribution in [0.25, 0.3) is 11.0 Å². The fourth-order valence-corrected chi connectivity index (χ4v) is 5.33. The molecule has 6 N–H and O–H groups in total. The van der Waals surface area contributed by atoms with E-state index in [2.05, 4.69) is 25.6 Å². The van der Waals surface area contributed by atoms with Crippen LogP contribution in [0, 0.1) is 0 Å². The summed E-state index contributed by atoms with van der Waals surface area (Å²) in [6.07, 6.45) is 3.51. The number of nitrogens with zero attached hydrogens (tertiary/aromatic N) is 2. The Kier molecular flexibility index (Phi) is 11.2. The van der Waals surface area contributed by atoms with Crippen molar-refractivity contribution in [1.82, 2.24) is 30.5 Å². The topological polar surface area (TPSA) is 202 Å². The van der Waals surface area contributed by atoms with Gasteiger partial charge in [-0.3, -0.25) is 19.4 Å². The summed E-state index contributed by atoms with van der Waals surface area (Å²) in [7, 11) is -4.76. The van der Waals surface area contributed by atoms with E-state index in [0.29, 0.717) is 82.0 Å². The van der Waals surface area contributed by atoms with Gasteiger partial charge in [0.15, 0.2) is 0 Å². The Morgan fingerprint density at radius 2 is 1.84 bits per heavy atom. The molecule has 0 spiro atoms. The van der Waals surface area contributed by atoms with Crippen LogP contribution in [0.4, 0.5) is 9.83 Å². The first-order chi connectivity index (χ1) is 20.6. The normalized spacial score (nSPS) is 15.3. The Morgan fingerprint density at radius 1 is 1.12 bits per heavy atom. The monoisotopic (exact) mass is 621 g/mol. The maximum Gasteiger partial charge on any atom is 0.332 e. The number of halogens is 1. The molecule has 1 aromatic carbocycles. The molecule has 0 radical (unpaired) electrons. The first-order valence-electron chi connectivity index (χ1n) is 14.0. The van der Waals surface area contributed by atoms with Gasteiger partial charge in [0.05, 0.1) is 36.7 Å². The predicted molar refractivity (Wildman–Crippen MR) is 155 cm³/mol. The number of nitrogen functional groups attached to an aromatic ring is 1. The lowest BCUT2D eigenvalue weighted by molar-refractivity contribution is -0.138. The van der Waals surface area contributed by atoms with Gasteiger partial charge in [-0.15, -0.1) is 3.89 Å². The van der Waals surface area contributed by atoms with E-state index in [1.54, 1.807) is 11.1 Å². The number of hydrogen-bond donors (Lipinski definition) is 5. The quantitative estimate of drug-likeness (QED) is 0.110. The van der Waals surface area contributed by atoms with E-state index in [4.69, 9.17) is 15.2 Å². The lowest BCUT2D eigenvalue weighted by atomic mass is 10.1. The zero-order valence-electron chi connectivity index (χ0n) is 23.6. The smallest absolute Gasteiger partial charge is 0.332 e. The molecule has 2 amide bonds. The minimum Gasteiger partial charge on any atom is -0.378 e. The van der Waals surface area contributed by atoms with Crippen LogP contribution in [0.3, 0.4) is 0 Å². The van der Waals surface area contributed by atoms with Crippen LogP contribution in [0.1, 0.15) is 30.4 Å². The fraction of sp³-hybridized carbons (Fsp3) is 0.481. The number of nitrogens with one attached hydrogen (secondary N) is 4. The Hall–Kier alpha value is -3.86. The lowest BCUT2D eigenvalue weighted by Gasteiger charge is -2.24. The number of H-pyrrole nitrogens is 2. The van der Waals surface area contributed by atoms with Gasteiger partial charge in [-0.1, -0.05) is 12.1 Å². The van der Waals surface area contributed by atoms with Crippen LogP contribution in [0.5, 0.6) is 0 Å². The predicted octanol–water partition coefficient (Wildman–Crippen LogP) is 0.354. The summed E-state index contributed by atoms with van der Waals surface area (Å²) >= 11 is 0. The van der Waals surface area contributed by atoms with Gasteiger partial charge in [0.2, 0.25) is 17.8 Å². The van der Waals surface area contributed by atoms with E-state index >= 15 is 0 Å². The second-order valence-electron chi connectivity index (χ2n) is 10.0. The average Bonchev–Trinajstić information content (AvgIpc) is 3.62. The highest BCUT2D eigenvalue weighted by atomic mass is 32.3. The number of amides is 2. The van der Waals surface area contributed by atoms with Gasteiger partial charge in [0, 0.05) is 38.8 Å². The molecule has 4 rings (SSSR count). The molecule has 1 fully saturated rings. The largest absolute Gasteiger partial charge is 0.378 e. The maximum absolute atomic E-state index is 13.0. The molecule has 1 atom stereocenters. The molecule has 0 saturated carbocycles. The molecule has 1 saturated heterocycles. The van der Waals surface area contributed by atoms with Crippen molar-refractivity contribution < 1.29 is 31.4 Å². The number of anilines is 1. The molecule has 0 unspecified atom stereocenters.